The summed E-state index contributed by atoms with van der Waals surface area (Å²) >= 11 is 0. The highest BCUT2D eigenvalue weighted by molar-refractivity contribution is 6.17. The Morgan fingerprint density at radius 2 is 1.52 bits per heavy atom. The van der Waals surface area contributed by atoms with Crippen LogP contribution in [0.3, 0.4) is 0 Å². The van der Waals surface area contributed by atoms with E-state index in [0.29, 0.717) is 11.3 Å². The summed E-state index contributed by atoms with van der Waals surface area (Å²) in [7, 11) is 0. The number of benzene rings is 2. The molecule has 8 rings (SSSR count). The zero-order valence-electron chi connectivity index (χ0n) is 22.6. The Bertz CT molecular complexity index is 1610. The number of fused-ring (bicyclic) bond motifs is 11. The van der Waals surface area contributed by atoms with E-state index in [-0.39, 0.29) is 37.2 Å². The number of carbonyl (C=O) groups excluding carboxylic acids is 5. The first-order valence-electron chi connectivity index (χ1n) is 14.6. The highest BCUT2D eigenvalue weighted by Gasteiger charge is 2.78. The second kappa shape index (κ2) is 9.08. The number of carbonyl (C=O) groups is 5. The van der Waals surface area contributed by atoms with Crippen LogP contribution >= 0.6 is 0 Å². The van der Waals surface area contributed by atoms with E-state index in [2.05, 4.69) is 0 Å². The van der Waals surface area contributed by atoms with Crippen molar-refractivity contribution in [3.63, 3.8) is 0 Å². The molecule has 6 aliphatic rings. The van der Waals surface area contributed by atoms with E-state index in [0.717, 1.165) is 11.1 Å². The summed E-state index contributed by atoms with van der Waals surface area (Å²) in [5.74, 6) is -4.78. The lowest BCUT2D eigenvalue weighted by Gasteiger charge is -2.46. The zero-order chi connectivity index (χ0) is 28.7. The molecular weight excluding hydrogens is 536 g/mol. The molecule has 4 fully saturated rings. The van der Waals surface area contributed by atoms with Gasteiger partial charge in [0.1, 0.15) is 29.5 Å². The van der Waals surface area contributed by atoms with E-state index >= 15 is 0 Å². The third kappa shape index (κ3) is 3.38. The van der Waals surface area contributed by atoms with E-state index in [4.69, 9.17) is 14.2 Å². The number of rotatable bonds is 4. The maximum atomic E-state index is 14.6. The summed E-state index contributed by atoms with van der Waals surface area (Å²) in [6.45, 7) is 0. The molecular formula is C34H28O8. The molecule has 0 radical (unpaired) electrons. The van der Waals surface area contributed by atoms with Crippen molar-refractivity contribution in [2.75, 3.05) is 0 Å². The zero-order valence-corrected chi connectivity index (χ0v) is 22.6. The summed E-state index contributed by atoms with van der Waals surface area (Å²) in [5, 5.41) is 0. The van der Waals surface area contributed by atoms with Crippen molar-refractivity contribution in [2.45, 2.75) is 44.0 Å². The molecule has 0 unspecified atom stereocenters. The molecule has 2 bridgehead atoms. The van der Waals surface area contributed by atoms with Crippen molar-refractivity contribution in [3.8, 4) is 0 Å². The van der Waals surface area contributed by atoms with Crippen LogP contribution in [0.1, 0.15) is 42.9 Å². The smallest absolute Gasteiger partial charge is 0.306 e. The molecule has 3 aliphatic heterocycles. The number of hydrogen-bond donors (Lipinski definition) is 0. The normalized spacial score (nSPS) is 37.9. The number of ether oxygens (including phenoxy) is 3. The van der Waals surface area contributed by atoms with Gasteiger partial charge in [-0.25, -0.2) is 0 Å². The summed E-state index contributed by atoms with van der Waals surface area (Å²) in [6.07, 6.45) is 1.42. The maximum absolute atomic E-state index is 14.6. The third-order valence-corrected chi connectivity index (χ3v) is 10.4. The molecule has 2 saturated carbocycles. The van der Waals surface area contributed by atoms with Crippen LogP contribution in [-0.4, -0.2) is 41.5 Å². The fourth-order valence-corrected chi connectivity index (χ4v) is 8.86. The molecule has 42 heavy (non-hydrogen) atoms. The van der Waals surface area contributed by atoms with Crippen molar-refractivity contribution in [1.82, 2.24) is 0 Å². The Kier molecular flexibility index (Phi) is 5.49. The van der Waals surface area contributed by atoms with Gasteiger partial charge in [-0.15, -0.1) is 0 Å². The topological polar surface area (TPSA) is 113 Å². The first-order chi connectivity index (χ1) is 20.4. The largest absolute Gasteiger partial charge is 0.489 e. The van der Waals surface area contributed by atoms with Crippen LogP contribution < -0.4 is 0 Å². The third-order valence-electron chi connectivity index (χ3n) is 10.4. The van der Waals surface area contributed by atoms with Gasteiger partial charge in [-0.3, -0.25) is 24.0 Å². The minimum absolute atomic E-state index is 0.0232. The van der Waals surface area contributed by atoms with Gasteiger partial charge >= 0.3 is 11.9 Å². The fourth-order valence-electron chi connectivity index (χ4n) is 8.86. The highest BCUT2D eigenvalue weighted by atomic mass is 16.6. The molecule has 8 nitrogen and oxygen atoms in total. The minimum atomic E-state index is -1.69. The van der Waals surface area contributed by atoms with Gasteiger partial charge in [0.15, 0.2) is 17.3 Å². The standard InChI is InChI=1S/C34H28O8/c35-22-16-23(18-9-5-2-6-10-18)41-32-28(22)19-14-26(37)42-31(19)29-20-13-24-21(15-27(38)40-24)34(30(29)32,33(20)39)25(36)12-11-17-7-3-1-4-8-17/h1-12,19-21,23-24,29-31H,13-16H2/b12-11+/t19-,20-,21+,23+,24+,29-,30+,31-,34+/m1/s1. The van der Waals surface area contributed by atoms with Gasteiger partial charge in [-0.05, 0) is 23.6 Å². The predicted molar refractivity (Wildman–Crippen MR) is 146 cm³/mol. The summed E-state index contributed by atoms with van der Waals surface area (Å²) < 4.78 is 18.3. The average molecular weight is 565 g/mol. The van der Waals surface area contributed by atoms with Crippen molar-refractivity contribution < 1.29 is 38.2 Å². The predicted octanol–water partition coefficient (Wildman–Crippen LogP) is 3.95. The highest BCUT2D eigenvalue weighted by Crippen LogP contribution is 2.69. The molecule has 2 aromatic rings. The lowest BCUT2D eigenvalue weighted by atomic mass is 9.57. The second-order valence-electron chi connectivity index (χ2n) is 12.3. The van der Waals surface area contributed by atoms with E-state index < -0.39 is 71.0 Å². The molecule has 3 aliphatic carbocycles. The molecule has 0 amide bonds. The summed E-state index contributed by atoms with van der Waals surface area (Å²) in [5.41, 5.74) is 0.271. The molecule has 212 valence electrons. The van der Waals surface area contributed by atoms with E-state index in [1.54, 1.807) is 6.08 Å². The Morgan fingerprint density at radius 3 is 2.29 bits per heavy atom. The number of hydrogen-bond acceptors (Lipinski definition) is 8. The Hall–Kier alpha value is -4.33. The Morgan fingerprint density at radius 1 is 0.810 bits per heavy atom. The summed E-state index contributed by atoms with van der Waals surface area (Å²) in [6, 6.07) is 18.7. The molecule has 9 atom stereocenters. The van der Waals surface area contributed by atoms with Crippen molar-refractivity contribution in [3.05, 3.63) is 89.2 Å². The quantitative estimate of drug-likeness (QED) is 0.312. The lowest BCUT2D eigenvalue weighted by molar-refractivity contribution is -0.154. The van der Waals surface area contributed by atoms with Gasteiger partial charge in [0.2, 0.25) is 0 Å². The van der Waals surface area contributed by atoms with E-state index in [1.165, 1.54) is 6.08 Å². The Labute approximate surface area is 241 Å². The molecule has 3 heterocycles. The Balaban J connectivity index is 1.33. The van der Waals surface area contributed by atoms with Crippen LogP contribution in [0.15, 0.2) is 78.1 Å². The van der Waals surface area contributed by atoms with Crippen LogP contribution in [0.2, 0.25) is 0 Å². The molecule has 0 spiro atoms. The lowest BCUT2D eigenvalue weighted by Crippen LogP contribution is -2.54. The van der Waals surface area contributed by atoms with Crippen LogP contribution in [0.4, 0.5) is 0 Å². The number of ketones is 3. The molecule has 0 aromatic heterocycles. The molecule has 2 aromatic carbocycles. The van der Waals surface area contributed by atoms with Crippen LogP contribution in [-0.2, 0) is 38.2 Å². The van der Waals surface area contributed by atoms with Gasteiger partial charge in [-0.2, -0.15) is 0 Å². The van der Waals surface area contributed by atoms with Crippen LogP contribution in [0.25, 0.3) is 6.08 Å². The number of allylic oxidation sites excluding steroid dienone is 2. The van der Waals surface area contributed by atoms with Gasteiger partial charge in [0.05, 0.1) is 19.3 Å². The van der Waals surface area contributed by atoms with Crippen molar-refractivity contribution in [1.29, 1.82) is 0 Å². The SMILES string of the molecule is O=C1C[C@@H]2C3=C(O[C@H](c4ccccc4)CC3=O)[C@@H]3[C@H]([C@@H]2O1)[C@H]1C[C@@H]2OC(=O)C[C@@H]2[C@@]3(C(=O)/C=C/c2ccccc2)C1=O. The maximum Gasteiger partial charge on any atom is 0.306 e. The molecule has 2 saturated heterocycles. The van der Waals surface area contributed by atoms with Crippen molar-refractivity contribution >= 4 is 35.4 Å². The van der Waals surface area contributed by atoms with Gasteiger partial charge in [0, 0.05) is 35.2 Å². The fraction of sp³-hybridized carbons (Fsp3) is 0.382. The van der Waals surface area contributed by atoms with Crippen LogP contribution in [0.5, 0.6) is 0 Å². The average Bonchev–Trinajstić information content (AvgIpc) is 3.62. The monoisotopic (exact) mass is 564 g/mol. The molecule has 8 heteroatoms. The summed E-state index contributed by atoms with van der Waals surface area (Å²) in [4.78, 5) is 68.5. The first kappa shape index (κ1) is 25.4. The van der Waals surface area contributed by atoms with Gasteiger partial charge < -0.3 is 14.2 Å². The molecule has 0 N–H and O–H groups in total. The number of Topliss-reactive ketones (excluding diaryl/α,β-unsaturated/α-hetero) is 2. The van der Waals surface area contributed by atoms with Crippen molar-refractivity contribution in [2.24, 2.45) is 35.0 Å². The van der Waals surface area contributed by atoms with E-state index in [1.807, 2.05) is 60.7 Å². The van der Waals surface area contributed by atoms with Crippen LogP contribution in [0, 0.1) is 35.0 Å². The second-order valence-corrected chi connectivity index (χ2v) is 12.3. The van der Waals surface area contributed by atoms with Gasteiger partial charge in [0.25, 0.3) is 0 Å². The number of esters is 2. The minimum Gasteiger partial charge on any atom is -0.489 e. The first-order valence-corrected chi connectivity index (χ1v) is 14.6. The van der Waals surface area contributed by atoms with Gasteiger partial charge in [-0.1, -0.05) is 66.7 Å². The van der Waals surface area contributed by atoms with E-state index in [9.17, 15) is 24.0 Å².